The normalized spacial score (nSPS) is 3.25. The van der Waals surface area contributed by atoms with Crippen LogP contribution in [0.1, 0.15) is 0 Å². The fraction of sp³-hybridized carbons (Fsp3) is 0. The Bertz CT molecular complexity index is 13.5. The van der Waals surface area contributed by atoms with Crippen molar-refractivity contribution in [1.82, 2.24) is 0 Å². The van der Waals surface area contributed by atoms with E-state index in [9.17, 15) is 0 Å². The van der Waals surface area contributed by atoms with E-state index >= 15 is 0 Å². The molecule has 0 aromatic heterocycles. The Balaban J connectivity index is 0. The van der Waals surface area contributed by atoms with E-state index < -0.39 is 0 Å². The first kappa shape index (κ1) is 8.91. The quantitative estimate of drug-likeness (QED) is 0.227. The molecule has 0 radical (unpaired) electrons. The second-order valence-corrected chi connectivity index (χ2v) is 0.896. The van der Waals surface area contributed by atoms with Gasteiger partial charge in [0.15, 0.2) is 0 Å². The van der Waals surface area contributed by atoms with Crippen LogP contribution in [0.25, 0.3) is 0 Å². The first-order valence-electron chi connectivity index (χ1n) is 0.543. The molecule has 0 atom stereocenters. The molecule has 0 unspecified atom stereocenters. The molecule has 0 saturated heterocycles. The number of hydrogen-bond acceptors (Lipinski definition) is 0. The van der Waals surface area contributed by atoms with E-state index in [0.29, 0.717) is 0 Å². The molecule has 0 aromatic carbocycles. The summed E-state index contributed by atoms with van der Waals surface area (Å²) in [5, 5.41) is 0. The van der Waals surface area contributed by atoms with Crippen LogP contribution in [0.4, 0.5) is 0 Å². The van der Waals surface area contributed by atoms with Gasteiger partial charge in [-0.25, -0.2) is 0 Å². The maximum atomic E-state index is 3.22. The molecule has 0 rings (SSSR count). The Kier molecular flexibility index (Phi) is 19.9. The van der Waals surface area contributed by atoms with Gasteiger partial charge in [-0.05, 0) is 0 Å². The van der Waals surface area contributed by atoms with Gasteiger partial charge in [0.1, 0.15) is 0 Å². The van der Waals surface area contributed by atoms with Crippen LogP contribution in [0, 0.1) is 4.08 Å². The summed E-state index contributed by atoms with van der Waals surface area (Å²) in [4.78, 5) is 0. The summed E-state index contributed by atoms with van der Waals surface area (Å²) in [5.74, 6) is 0. The molecule has 0 heterocycles. The molecule has 2 heteroatoms. The minimum Gasteiger partial charge on any atom is -0.433 e. The predicted molar refractivity (Wildman–Crippen MR) is 22.9 cm³/mol. The summed E-state index contributed by atoms with van der Waals surface area (Å²) in [6.45, 7) is 3.22. The Labute approximate surface area is 52.0 Å². The molecule has 0 fully saturated rings. The molecular formula is C2H2ILi. The van der Waals surface area contributed by atoms with Crippen molar-refractivity contribution in [2.24, 2.45) is 0 Å². The number of rotatable bonds is 0. The zero-order chi connectivity index (χ0) is 2.71. The Morgan fingerprint density at radius 1 is 1.75 bits per heavy atom. The molecule has 4 heavy (non-hydrogen) atoms. The van der Waals surface area contributed by atoms with E-state index in [2.05, 4.69) is 10.7 Å². The van der Waals surface area contributed by atoms with Crippen LogP contribution >= 0.6 is 22.6 Å². The molecule has 0 bridgehead atoms. The average molecular weight is 160 g/mol. The van der Waals surface area contributed by atoms with Gasteiger partial charge >= 0.3 is 18.9 Å². The second-order valence-electron chi connectivity index (χ2n) is 0.134. The van der Waals surface area contributed by atoms with Crippen LogP contribution in [0.3, 0.4) is 0 Å². The largest absolute Gasteiger partial charge is 1.00 e. The predicted octanol–water partition coefficient (Wildman–Crippen LogP) is -1.63. The van der Waals surface area contributed by atoms with E-state index in [1.54, 1.807) is 0 Å². The smallest absolute Gasteiger partial charge is 0.433 e. The monoisotopic (exact) mass is 160 g/mol. The SMILES string of the molecule is C=[C-]I.[Li+]. The summed E-state index contributed by atoms with van der Waals surface area (Å²) in [5.41, 5.74) is 0. The third kappa shape index (κ3) is 11.5. The Morgan fingerprint density at radius 2 is 1.75 bits per heavy atom. The molecule has 0 N–H and O–H groups in total. The van der Waals surface area contributed by atoms with Gasteiger partial charge in [-0.1, -0.05) is 0 Å². The van der Waals surface area contributed by atoms with E-state index in [-0.39, 0.29) is 18.9 Å². The van der Waals surface area contributed by atoms with Crippen LogP contribution in [-0.2, 0) is 0 Å². The third-order valence-electron chi connectivity index (χ3n) is 0. The van der Waals surface area contributed by atoms with Gasteiger partial charge in [-0.2, -0.15) is 0 Å². The molecule has 0 nitrogen and oxygen atoms in total. The molecule has 0 spiro atoms. The summed E-state index contributed by atoms with van der Waals surface area (Å²) >= 11 is 1.93. The van der Waals surface area contributed by atoms with Crippen LogP contribution < -0.4 is 18.9 Å². The van der Waals surface area contributed by atoms with E-state index in [1.807, 2.05) is 22.6 Å². The summed E-state index contributed by atoms with van der Waals surface area (Å²) in [6.07, 6.45) is 0. The van der Waals surface area contributed by atoms with Gasteiger partial charge in [-0.3, -0.25) is 6.58 Å². The summed E-state index contributed by atoms with van der Waals surface area (Å²) in [7, 11) is 0. The summed E-state index contributed by atoms with van der Waals surface area (Å²) in [6, 6.07) is 0. The standard InChI is InChI=1S/C2H2I.Li/c1-2-3;/h1H2;/q-1;+1. The molecule has 0 amide bonds. The van der Waals surface area contributed by atoms with E-state index in [1.165, 1.54) is 0 Å². The van der Waals surface area contributed by atoms with Crippen molar-refractivity contribution in [3.05, 3.63) is 10.7 Å². The van der Waals surface area contributed by atoms with Crippen LogP contribution in [0.2, 0.25) is 0 Å². The van der Waals surface area contributed by atoms with Crippen molar-refractivity contribution in [2.45, 2.75) is 0 Å². The van der Waals surface area contributed by atoms with Gasteiger partial charge in [0.05, 0.1) is 0 Å². The maximum Gasteiger partial charge on any atom is 1.00 e. The van der Waals surface area contributed by atoms with Crippen LogP contribution in [0.15, 0.2) is 6.58 Å². The molecule has 0 aromatic rings. The van der Waals surface area contributed by atoms with Crippen LogP contribution in [-0.4, -0.2) is 0 Å². The van der Waals surface area contributed by atoms with Gasteiger partial charge in [0.2, 0.25) is 0 Å². The topological polar surface area (TPSA) is 0 Å². The molecule has 0 aliphatic heterocycles. The van der Waals surface area contributed by atoms with Crippen molar-refractivity contribution in [1.29, 1.82) is 0 Å². The fourth-order valence-electron chi connectivity index (χ4n) is 0. The van der Waals surface area contributed by atoms with Gasteiger partial charge in [0, 0.05) is 0 Å². The first-order valence-corrected chi connectivity index (χ1v) is 1.62. The van der Waals surface area contributed by atoms with Crippen molar-refractivity contribution in [3.8, 4) is 0 Å². The molecule has 0 aliphatic carbocycles. The minimum atomic E-state index is 0. The van der Waals surface area contributed by atoms with Crippen molar-refractivity contribution >= 4 is 22.6 Å². The van der Waals surface area contributed by atoms with Crippen molar-refractivity contribution in [3.63, 3.8) is 0 Å². The Morgan fingerprint density at radius 3 is 1.75 bits per heavy atom. The van der Waals surface area contributed by atoms with Crippen molar-refractivity contribution < 1.29 is 18.9 Å². The van der Waals surface area contributed by atoms with Gasteiger partial charge in [-0.15, -0.1) is 0 Å². The van der Waals surface area contributed by atoms with Gasteiger partial charge < -0.3 is 26.7 Å². The van der Waals surface area contributed by atoms with Gasteiger partial charge in [0.25, 0.3) is 0 Å². The Hall–Kier alpha value is 1.07. The first-order chi connectivity index (χ1) is 1.41. The van der Waals surface area contributed by atoms with Crippen LogP contribution in [0.5, 0.6) is 0 Å². The fourth-order valence-corrected chi connectivity index (χ4v) is 0. The third-order valence-corrected chi connectivity index (χ3v) is 0. The van der Waals surface area contributed by atoms with E-state index in [0.717, 1.165) is 0 Å². The minimum absolute atomic E-state index is 0. The van der Waals surface area contributed by atoms with Crippen molar-refractivity contribution in [2.75, 3.05) is 0 Å². The second kappa shape index (κ2) is 8.95. The zero-order valence-electron chi connectivity index (χ0n) is 2.59. The number of halogens is 1. The molecular weight excluding hydrogens is 158 g/mol. The average Bonchev–Trinajstić information content (AvgIpc) is 0.918. The summed E-state index contributed by atoms with van der Waals surface area (Å²) < 4.78 is 2.47. The maximum absolute atomic E-state index is 3.22. The molecule has 0 saturated carbocycles. The number of hydrogen-bond donors (Lipinski definition) is 0. The van der Waals surface area contributed by atoms with E-state index in [4.69, 9.17) is 0 Å². The zero-order valence-corrected chi connectivity index (χ0v) is 4.74. The molecule has 18 valence electrons. The molecule has 0 aliphatic rings.